The first-order valence-corrected chi connectivity index (χ1v) is 12.6. The van der Waals surface area contributed by atoms with E-state index in [2.05, 4.69) is 5.32 Å². The standard InChI is InChI=1S/C29H24F3N3O6/c30-29(31,32)20-11-7-10-19(14-20)26(37)34-15-22-24(33-23(36)17-40-21-12-5-2-6-13-21)27(38)35(22)25(34)28(39)41-16-18-8-3-1-4-9-18/h1-14,22,24-25H,15-17H2,(H,33,36)/t22?,24-,25?/m1/s1. The number of nitrogens with one attached hydrogen (secondary N) is 1. The molecule has 2 heterocycles. The Kier molecular flexibility index (Phi) is 7.64. The first kappa shape index (κ1) is 27.7. The number of hydrogen-bond acceptors (Lipinski definition) is 6. The fraction of sp³-hybridized carbons (Fsp3) is 0.241. The zero-order chi connectivity index (χ0) is 29.1. The zero-order valence-electron chi connectivity index (χ0n) is 21.4. The fourth-order valence-electron chi connectivity index (χ4n) is 4.78. The van der Waals surface area contributed by atoms with Crippen LogP contribution in [0.25, 0.3) is 0 Å². The lowest BCUT2D eigenvalue weighted by molar-refractivity contribution is -0.167. The average molecular weight is 568 g/mol. The van der Waals surface area contributed by atoms with Gasteiger partial charge >= 0.3 is 12.1 Å². The second-order valence-electron chi connectivity index (χ2n) is 9.46. The predicted octanol–water partition coefficient (Wildman–Crippen LogP) is 3.01. The van der Waals surface area contributed by atoms with Crippen LogP contribution in [0.5, 0.6) is 5.75 Å². The molecule has 0 bridgehead atoms. The molecule has 3 amide bonds. The minimum Gasteiger partial charge on any atom is -0.484 e. The molecule has 0 aromatic heterocycles. The van der Waals surface area contributed by atoms with Gasteiger partial charge in [0.2, 0.25) is 12.1 Å². The summed E-state index contributed by atoms with van der Waals surface area (Å²) >= 11 is 0. The molecule has 2 saturated heterocycles. The van der Waals surface area contributed by atoms with Gasteiger partial charge in [0.1, 0.15) is 18.4 Å². The lowest BCUT2D eigenvalue weighted by Crippen LogP contribution is -2.71. The van der Waals surface area contributed by atoms with Crippen molar-refractivity contribution in [2.45, 2.75) is 31.0 Å². The topological polar surface area (TPSA) is 105 Å². The predicted molar refractivity (Wildman–Crippen MR) is 137 cm³/mol. The average Bonchev–Trinajstić information content (AvgIpc) is 3.34. The summed E-state index contributed by atoms with van der Waals surface area (Å²) in [4.78, 5) is 54.4. The van der Waals surface area contributed by atoms with E-state index in [1.54, 1.807) is 60.7 Å². The first-order valence-electron chi connectivity index (χ1n) is 12.6. The summed E-state index contributed by atoms with van der Waals surface area (Å²) in [6.45, 7) is -0.738. The van der Waals surface area contributed by atoms with Gasteiger partial charge in [0.25, 0.3) is 11.8 Å². The van der Waals surface area contributed by atoms with Crippen LogP contribution in [-0.2, 0) is 31.9 Å². The molecule has 12 heteroatoms. The van der Waals surface area contributed by atoms with E-state index in [1.165, 1.54) is 6.07 Å². The van der Waals surface area contributed by atoms with Gasteiger partial charge in [-0.25, -0.2) is 4.79 Å². The minimum absolute atomic E-state index is 0.147. The maximum atomic E-state index is 13.4. The number of carbonyl (C=O) groups is 4. The molecule has 2 fully saturated rings. The van der Waals surface area contributed by atoms with Gasteiger partial charge in [0, 0.05) is 12.1 Å². The third-order valence-corrected chi connectivity index (χ3v) is 6.77. The number of nitrogens with zero attached hydrogens (tertiary/aromatic N) is 2. The fourth-order valence-corrected chi connectivity index (χ4v) is 4.78. The molecule has 212 valence electrons. The number of halogens is 3. The lowest BCUT2D eigenvalue weighted by Gasteiger charge is -2.43. The second kappa shape index (κ2) is 11.3. The van der Waals surface area contributed by atoms with Crippen LogP contribution in [0.4, 0.5) is 13.2 Å². The molecule has 0 saturated carbocycles. The van der Waals surface area contributed by atoms with E-state index < -0.39 is 53.7 Å². The Labute approximate surface area is 232 Å². The van der Waals surface area contributed by atoms with Crippen molar-refractivity contribution in [1.29, 1.82) is 0 Å². The van der Waals surface area contributed by atoms with Crippen LogP contribution < -0.4 is 10.1 Å². The summed E-state index contributed by atoms with van der Waals surface area (Å²) in [7, 11) is 0. The van der Waals surface area contributed by atoms with Crippen molar-refractivity contribution >= 4 is 23.7 Å². The van der Waals surface area contributed by atoms with Crippen LogP contribution >= 0.6 is 0 Å². The number of alkyl halides is 3. The van der Waals surface area contributed by atoms with Gasteiger partial charge < -0.3 is 24.6 Å². The molecular formula is C29H24F3N3O6. The molecule has 3 aromatic carbocycles. The molecule has 0 aliphatic carbocycles. The van der Waals surface area contributed by atoms with Crippen LogP contribution in [0.15, 0.2) is 84.9 Å². The summed E-state index contributed by atoms with van der Waals surface area (Å²) in [6, 6.07) is 19.2. The molecule has 5 rings (SSSR count). The van der Waals surface area contributed by atoms with Crippen molar-refractivity contribution in [2.24, 2.45) is 0 Å². The minimum atomic E-state index is -4.69. The van der Waals surface area contributed by atoms with Crippen molar-refractivity contribution in [3.63, 3.8) is 0 Å². The van der Waals surface area contributed by atoms with E-state index in [4.69, 9.17) is 9.47 Å². The van der Waals surface area contributed by atoms with Crippen molar-refractivity contribution in [2.75, 3.05) is 13.2 Å². The lowest BCUT2D eigenvalue weighted by atomic mass is 9.96. The van der Waals surface area contributed by atoms with Gasteiger partial charge in [-0.15, -0.1) is 0 Å². The molecular weight excluding hydrogens is 543 g/mol. The molecule has 2 aliphatic rings. The smallest absolute Gasteiger partial charge is 0.416 e. The molecule has 2 unspecified atom stereocenters. The quantitative estimate of drug-likeness (QED) is 0.332. The summed E-state index contributed by atoms with van der Waals surface area (Å²) in [5, 5.41) is 2.56. The number of hydrogen-bond donors (Lipinski definition) is 1. The van der Waals surface area contributed by atoms with E-state index in [9.17, 15) is 32.3 Å². The largest absolute Gasteiger partial charge is 0.484 e. The highest BCUT2D eigenvalue weighted by Crippen LogP contribution is 2.35. The monoisotopic (exact) mass is 567 g/mol. The Hall–Kier alpha value is -4.87. The molecule has 2 aliphatic heterocycles. The third kappa shape index (κ3) is 5.86. The van der Waals surface area contributed by atoms with Crippen LogP contribution in [0.1, 0.15) is 21.5 Å². The van der Waals surface area contributed by atoms with E-state index in [0.29, 0.717) is 17.4 Å². The van der Waals surface area contributed by atoms with Crippen LogP contribution in [0, 0.1) is 0 Å². The number of esters is 1. The molecule has 0 radical (unpaired) electrons. The molecule has 3 aromatic rings. The summed E-state index contributed by atoms with van der Waals surface area (Å²) in [5.41, 5.74) is -0.689. The van der Waals surface area contributed by atoms with Gasteiger partial charge in [0.05, 0.1) is 11.6 Å². The number of carbonyl (C=O) groups excluding carboxylic acids is 4. The highest BCUT2D eigenvalue weighted by molar-refractivity contribution is 6.02. The molecule has 0 spiro atoms. The highest BCUT2D eigenvalue weighted by Gasteiger charge is 2.61. The number of rotatable bonds is 8. The normalized spacial score (nSPS) is 19.7. The number of para-hydroxylation sites is 1. The van der Waals surface area contributed by atoms with Gasteiger partial charge in [0.15, 0.2) is 6.61 Å². The van der Waals surface area contributed by atoms with Gasteiger partial charge in [-0.2, -0.15) is 13.2 Å². The number of fused-ring (bicyclic) bond motifs is 1. The summed E-state index contributed by atoms with van der Waals surface area (Å²) < 4.78 is 50.7. The van der Waals surface area contributed by atoms with E-state index in [1.807, 2.05) is 0 Å². The highest BCUT2D eigenvalue weighted by atomic mass is 19.4. The Bertz CT molecular complexity index is 1450. The number of benzene rings is 3. The number of amides is 3. The maximum absolute atomic E-state index is 13.4. The van der Waals surface area contributed by atoms with Crippen molar-refractivity contribution in [3.05, 3.63) is 102 Å². The van der Waals surface area contributed by atoms with Crippen molar-refractivity contribution in [3.8, 4) is 5.75 Å². The Morgan fingerprint density at radius 2 is 1.61 bits per heavy atom. The summed E-state index contributed by atoms with van der Waals surface area (Å²) in [6.07, 6.45) is -6.21. The van der Waals surface area contributed by atoms with Gasteiger partial charge in [-0.1, -0.05) is 54.6 Å². The number of ether oxygens (including phenoxy) is 2. The molecule has 41 heavy (non-hydrogen) atoms. The van der Waals surface area contributed by atoms with E-state index in [0.717, 1.165) is 21.9 Å². The third-order valence-electron chi connectivity index (χ3n) is 6.77. The molecule has 9 nitrogen and oxygen atoms in total. The van der Waals surface area contributed by atoms with Gasteiger partial charge in [-0.3, -0.25) is 14.4 Å². The van der Waals surface area contributed by atoms with Crippen LogP contribution in [0.3, 0.4) is 0 Å². The second-order valence-corrected chi connectivity index (χ2v) is 9.46. The van der Waals surface area contributed by atoms with Crippen molar-refractivity contribution in [1.82, 2.24) is 15.1 Å². The Morgan fingerprint density at radius 1 is 0.927 bits per heavy atom. The Morgan fingerprint density at radius 3 is 2.29 bits per heavy atom. The van der Waals surface area contributed by atoms with Crippen molar-refractivity contribution < 1.29 is 41.8 Å². The van der Waals surface area contributed by atoms with Crippen LogP contribution in [-0.4, -0.2) is 64.9 Å². The molecule has 1 N–H and O–H groups in total. The SMILES string of the molecule is O=C(COc1ccccc1)N[C@H]1C(=O)N2C1CN(C(=O)c1cccc(C(F)(F)F)c1)C2C(=O)OCc1ccccc1. The Balaban J connectivity index is 1.34. The van der Waals surface area contributed by atoms with E-state index in [-0.39, 0.29) is 25.3 Å². The van der Waals surface area contributed by atoms with Gasteiger partial charge in [-0.05, 0) is 35.9 Å². The zero-order valence-corrected chi connectivity index (χ0v) is 21.4. The van der Waals surface area contributed by atoms with Crippen LogP contribution in [0.2, 0.25) is 0 Å². The first-order chi connectivity index (χ1) is 19.6. The summed E-state index contributed by atoms with van der Waals surface area (Å²) in [5.74, 6) is -2.61. The van der Waals surface area contributed by atoms with E-state index >= 15 is 0 Å². The number of β-lactam (4-membered cyclic amide) rings is 1. The maximum Gasteiger partial charge on any atom is 0.416 e. The molecule has 3 atom stereocenters.